The molecule has 0 aliphatic carbocycles. The molecule has 2 aromatic rings. The lowest BCUT2D eigenvalue weighted by Gasteiger charge is -2.09. The highest BCUT2D eigenvalue weighted by Crippen LogP contribution is 2.21. The fourth-order valence-electron chi connectivity index (χ4n) is 1.61. The Morgan fingerprint density at radius 1 is 1.14 bits per heavy atom. The maximum atomic E-state index is 11.7. The largest absolute Gasteiger partial charge is 0.484 e. The quantitative estimate of drug-likeness (QED) is 0.798. The van der Waals surface area contributed by atoms with Gasteiger partial charge in [0.1, 0.15) is 5.75 Å². The molecule has 2 amide bonds. The Morgan fingerprint density at radius 3 is 2.55 bits per heavy atom. The minimum Gasteiger partial charge on any atom is -0.484 e. The van der Waals surface area contributed by atoms with Gasteiger partial charge in [-0.25, -0.2) is 0 Å². The van der Waals surface area contributed by atoms with Gasteiger partial charge in [0.15, 0.2) is 6.61 Å². The minimum absolute atomic E-state index is 0.170. The maximum Gasteiger partial charge on any atom is 0.279 e. The molecular weight excluding hydrogens is 368 g/mol. The molecule has 2 rings (SSSR count). The molecule has 0 radical (unpaired) electrons. The third-order valence-electron chi connectivity index (χ3n) is 2.96. The first-order chi connectivity index (χ1) is 10.5. The summed E-state index contributed by atoms with van der Waals surface area (Å²) < 4.78 is 6.23. The van der Waals surface area contributed by atoms with Crippen LogP contribution in [0.4, 0.5) is 0 Å². The van der Waals surface area contributed by atoms with Crippen LogP contribution >= 0.6 is 27.3 Å². The fraction of sp³-hybridized carbons (Fsp3) is 0.200. The van der Waals surface area contributed by atoms with E-state index in [-0.39, 0.29) is 12.5 Å². The number of rotatable bonds is 4. The average molecular weight is 383 g/mol. The third-order valence-corrected chi connectivity index (χ3v) is 4.58. The summed E-state index contributed by atoms with van der Waals surface area (Å²) in [5.74, 6) is -0.177. The van der Waals surface area contributed by atoms with Crippen LogP contribution in [-0.2, 0) is 4.79 Å². The summed E-state index contributed by atoms with van der Waals surface area (Å²) in [5, 5.41) is 0. The van der Waals surface area contributed by atoms with Crippen molar-refractivity contribution in [3.8, 4) is 5.75 Å². The zero-order chi connectivity index (χ0) is 16.1. The standard InChI is InChI=1S/C15H15BrN2O3S/c1-9-3-4-11(7-10(9)2)21-8-14(19)17-18-15(20)12-5-6-13(16)22-12/h3-7H,8H2,1-2H3,(H,17,19)(H,18,20). The van der Waals surface area contributed by atoms with Crippen molar-refractivity contribution in [3.05, 3.63) is 50.1 Å². The molecule has 1 heterocycles. The molecule has 0 aliphatic heterocycles. The van der Waals surface area contributed by atoms with Gasteiger partial charge in [0, 0.05) is 0 Å². The highest BCUT2D eigenvalue weighted by atomic mass is 79.9. The number of nitrogens with one attached hydrogen (secondary N) is 2. The Bertz CT molecular complexity index is 700. The van der Waals surface area contributed by atoms with E-state index in [1.165, 1.54) is 11.3 Å². The molecule has 0 atom stereocenters. The Kier molecular flexibility index (Phi) is 5.57. The van der Waals surface area contributed by atoms with Crippen molar-refractivity contribution in [2.45, 2.75) is 13.8 Å². The third kappa shape index (κ3) is 4.57. The second kappa shape index (κ2) is 7.42. The van der Waals surface area contributed by atoms with Crippen molar-refractivity contribution in [2.24, 2.45) is 0 Å². The zero-order valence-electron chi connectivity index (χ0n) is 12.1. The van der Waals surface area contributed by atoms with Crippen LogP contribution in [0.3, 0.4) is 0 Å². The molecule has 1 aromatic carbocycles. The summed E-state index contributed by atoms with van der Waals surface area (Å²) in [6.07, 6.45) is 0. The molecule has 116 valence electrons. The van der Waals surface area contributed by atoms with Gasteiger partial charge in [0.2, 0.25) is 0 Å². The van der Waals surface area contributed by atoms with Crippen molar-refractivity contribution in [1.29, 1.82) is 0 Å². The molecule has 0 bridgehead atoms. The molecule has 0 saturated heterocycles. The van der Waals surface area contributed by atoms with Gasteiger partial charge in [-0.2, -0.15) is 0 Å². The van der Waals surface area contributed by atoms with Crippen LogP contribution in [0.5, 0.6) is 5.75 Å². The maximum absolute atomic E-state index is 11.7. The summed E-state index contributed by atoms with van der Waals surface area (Å²) in [6, 6.07) is 9.03. The van der Waals surface area contributed by atoms with Gasteiger partial charge < -0.3 is 4.74 Å². The van der Waals surface area contributed by atoms with E-state index in [0.29, 0.717) is 10.6 Å². The molecule has 0 saturated carbocycles. The van der Waals surface area contributed by atoms with Crippen LogP contribution < -0.4 is 15.6 Å². The van der Waals surface area contributed by atoms with Gasteiger partial charge in [-0.3, -0.25) is 20.4 Å². The highest BCUT2D eigenvalue weighted by molar-refractivity contribution is 9.11. The van der Waals surface area contributed by atoms with Crippen molar-refractivity contribution in [1.82, 2.24) is 10.9 Å². The van der Waals surface area contributed by atoms with E-state index >= 15 is 0 Å². The van der Waals surface area contributed by atoms with E-state index in [1.807, 2.05) is 26.0 Å². The predicted molar refractivity (Wildman–Crippen MR) is 89.0 cm³/mol. The molecule has 0 fully saturated rings. The van der Waals surface area contributed by atoms with E-state index in [1.54, 1.807) is 18.2 Å². The van der Waals surface area contributed by atoms with Crippen molar-refractivity contribution in [2.75, 3.05) is 6.61 Å². The van der Waals surface area contributed by atoms with E-state index in [2.05, 4.69) is 26.8 Å². The molecule has 22 heavy (non-hydrogen) atoms. The topological polar surface area (TPSA) is 67.4 Å². The number of hydrogen-bond acceptors (Lipinski definition) is 4. The van der Waals surface area contributed by atoms with Crippen LogP contribution in [0.2, 0.25) is 0 Å². The average Bonchev–Trinajstić information content (AvgIpc) is 2.92. The van der Waals surface area contributed by atoms with Gasteiger partial charge in [-0.1, -0.05) is 6.07 Å². The van der Waals surface area contributed by atoms with Crippen LogP contribution in [-0.4, -0.2) is 18.4 Å². The number of amides is 2. The monoisotopic (exact) mass is 382 g/mol. The van der Waals surface area contributed by atoms with Crippen LogP contribution in [0, 0.1) is 13.8 Å². The van der Waals surface area contributed by atoms with Gasteiger partial charge in [0.05, 0.1) is 8.66 Å². The van der Waals surface area contributed by atoms with Gasteiger partial charge in [0.25, 0.3) is 11.8 Å². The van der Waals surface area contributed by atoms with E-state index in [9.17, 15) is 9.59 Å². The molecule has 2 N–H and O–H groups in total. The molecule has 7 heteroatoms. The lowest BCUT2D eigenvalue weighted by atomic mass is 10.1. The van der Waals surface area contributed by atoms with Gasteiger partial charge >= 0.3 is 0 Å². The number of thiophene rings is 1. The number of benzene rings is 1. The van der Waals surface area contributed by atoms with Gasteiger partial charge in [-0.15, -0.1) is 11.3 Å². The van der Waals surface area contributed by atoms with E-state index < -0.39 is 5.91 Å². The molecule has 0 aliphatic rings. The molecule has 5 nitrogen and oxygen atoms in total. The summed E-state index contributed by atoms with van der Waals surface area (Å²) in [4.78, 5) is 23.9. The summed E-state index contributed by atoms with van der Waals surface area (Å²) >= 11 is 4.56. The van der Waals surface area contributed by atoms with Crippen molar-refractivity contribution < 1.29 is 14.3 Å². The molecule has 0 spiro atoms. The van der Waals surface area contributed by atoms with Crippen LogP contribution in [0.15, 0.2) is 34.1 Å². The Morgan fingerprint density at radius 2 is 1.91 bits per heavy atom. The zero-order valence-corrected chi connectivity index (χ0v) is 14.5. The van der Waals surface area contributed by atoms with E-state index in [4.69, 9.17) is 4.74 Å². The second-order valence-electron chi connectivity index (χ2n) is 4.64. The first kappa shape index (κ1) is 16.5. The number of aryl methyl sites for hydroxylation is 2. The first-order valence-electron chi connectivity index (χ1n) is 6.50. The van der Waals surface area contributed by atoms with Gasteiger partial charge in [-0.05, 0) is 65.2 Å². The first-order valence-corrected chi connectivity index (χ1v) is 8.11. The number of halogens is 1. The van der Waals surface area contributed by atoms with Crippen LogP contribution in [0.25, 0.3) is 0 Å². The normalized spacial score (nSPS) is 10.1. The number of ether oxygens (including phenoxy) is 1. The lowest BCUT2D eigenvalue weighted by Crippen LogP contribution is -2.43. The summed E-state index contributed by atoms with van der Waals surface area (Å²) in [5.41, 5.74) is 6.90. The van der Waals surface area contributed by atoms with E-state index in [0.717, 1.165) is 14.9 Å². The fourth-order valence-corrected chi connectivity index (χ4v) is 2.89. The Balaban J connectivity index is 1.78. The molecular formula is C15H15BrN2O3S. The second-order valence-corrected chi connectivity index (χ2v) is 7.10. The van der Waals surface area contributed by atoms with Crippen molar-refractivity contribution >= 4 is 39.1 Å². The smallest absolute Gasteiger partial charge is 0.279 e. The minimum atomic E-state index is -0.429. The molecule has 1 aromatic heterocycles. The number of hydrogen-bond donors (Lipinski definition) is 2. The summed E-state index contributed by atoms with van der Waals surface area (Å²) in [7, 11) is 0. The lowest BCUT2D eigenvalue weighted by molar-refractivity contribution is -0.123. The highest BCUT2D eigenvalue weighted by Gasteiger charge is 2.10. The Hall–Kier alpha value is -1.86. The number of carbonyl (C=O) groups excluding carboxylic acids is 2. The Labute approximate surface area is 140 Å². The van der Waals surface area contributed by atoms with Crippen LogP contribution in [0.1, 0.15) is 20.8 Å². The van der Waals surface area contributed by atoms with Crippen molar-refractivity contribution in [3.63, 3.8) is 0 Å². The number of carbonyl (C=O) groups is 2. The molecule has 0 unspecified atom stereocenters. The number of hydrazine groups is 1. The SMILES string of the molecule is Cc1ccc(OCC(=O)NNC(=O)c2ccc(Br)s2)cc1C. The predicted octanol–water partition coefficient (Wildman–Crippen LogP) is 2.97. The summed E-state index contributed by atoms with van der Waals surface area (Å²) in [6.45, 7) is 3.81.